The van der Waals surface area contributed by atoms with Crippen LogP contribution >= 0.6 is 0 Å². The highest BCUT2D eigenvalue weighted by molar-refractivity contribution is 7.92. The Balaban J connectivity index is 1.74. The van der Waals surface area contributed by atoms with Crippen molar-refractivity contribution in [1.29, 1.82) is 0 Å². The fraction of sp³-hybridized carbons (Fsp3) is 0.571. The molecule has 162 valence electrons. The van der Waals surface area contributed by atoms with E-state index in [1.165, 1.54) is 10.6 Å². The van der Waals surface area contributed by atoms with Gasteiger partial charge in [0.2, 0.25) is 10.0 Å². The number of piperidine rings is 1. The molecule has 4 rings (SSSR count). The van der Waals surface area contributed by atoms with Crippen LogP contribution in [0.5, 0.6) is 0 Å². The number of fused-ring (bicyclic) bond motifs is 1. The Labute approximate surface area is 177 Å². The zero-order chi connectivity index (χ0) is 21.6. The first kappa shape index (κ1) is 20.8. The van der Waals surface area contributed by atoms with Gasteiger partial charge in [-0.25, -0.2) is 13.4 Å². The first-order chi connectivity index (χ1) is 14.2. The first-order valence-corrected chi connectivity index (χ1v) is 12.4. The summed E-state index contributed by atoms with van der Waals surface area (Å²) in [5.74, 6) is 0.274. The minimum Gasteiger partial charge on any atom is -0.336 e. The molecule has 0 aliphatic carbocycles. The second-order valence-corrected chi connectivity index (χ2v) is 10.5. The largest absolute Gasteiger partial charge is 0.336 e. The Morgan fingerprint density at radius 1 is 1.23 bits per heavy atom. The molecule has 2 aromatic rings. The second kappa shape index (κ2) is 7.68. The molecule has 0 N–H and O–H groups in total. The van der Waals surface area contributed by atoms with E-state index in [0.717, 1.165) is 31.4 Å². The summed E-state index contributed by atoms with van der Waals surface area (Å²) < 4.78 is 28.0. The molecule has 8 nitrogen and oxygen atoms in total. The van der Waals surface area contributed by atoms with Crippen LogP contribution in [0.4, 0.5) is 5.69 Å². The van der Waals surface area contributed by atoms with Crippen LogP contribution in [-0.2, 0) is 10.0 Å². The maximum Gasteiger partial charge on any atom is 0.254 e. The minimum atomic E-state index is -3.45. The molecule has 30 heavy (non-hydrogen) atoms. The molecule has 2 atom stereocenters. The van der Waals surface area contributed by atoms with E-state index >= 15 is 0 Å². The van der Waals surface area contributed by atoms with Crippen molar-refractivity contribution in [2.45, 2.75) is 58.0 Å². The van der Waals surface area contributed by atoms with Crippen molar-refractivity contribution in [2.24, 2.45) is 0 Å². The van der Waals surface area contributed by atoms with Gasteiger partial charge in [-0.3, -0.25) is 13.8 Å². The highest BCUT2D eigenvalue weighted by atomic mass is 32.2. The van der Waals surface area contributed by atoms with Crippen LogP contribution in [-0.4, -0.2) is 59.4 Å². The van der Waals surface area contributed by atoms with Crippen molar-refractivity contribution >= 4 is 21.6 Å². The Morgan fingerprint density at radius 3 is 2.63 bits per heavy atom. The molecule has 0 saturated carbocycles. The average molecular weight is 432 g/mol. The molecule has 2 aliphatic rings. The number of anilines is 1. The van der Waals surface area contributed by atoms with Gasteiger partial charge in [-0.15, -0.1) is 0 Å². The molecule has 0 bridgehead atoms. The lowest BCUT2D eigenvalue weighted by Crippen LogP contribution is -2.42. The summed E-state index contributed by atoms with van der Waals surface area (Å²) in [5, 5.41) is 4.57. The highest BCUT2D eigenvalue weighted by Gasteiger charge is 2.37. The number of amides is 1. The minimum absolute atomic E-state index is 0.00206. The Kier molecular flexibility index (Phi) is 5.34. The number of hydrogen-bond acceptors (Lipinski definition) is 5. The van der Waals surface area contributed by atoms with E-state index in [-0.39, 0.29) is 30.5 Å². The maximum absolute atomic E-state index is 13.2. The van der Waals surface area contributed by atoms with E-state index in [2.05, 4.69) is 17.0 Å². The van der Waals surface area contributed by atoms with E-state index in [4.69, 9.17) is 0 Å². The van der Waals surface area contributed by atoms with Crippen LogP contribution in [0.25, 0.3) is 0 Å². The topological polar surface area (TPSA) is 88.4 Å². The van der Waals surface area contributed by atoms with Crippen LogP contribution in [0.1, 0.15) is 73.7 Å². The number of nitrogens with zero attached hydrogens (tertiary/aromatic N) is 5. The zero-order valence-electron chi connectivity index (χ0n) is 17.9. The van der Waals surface area contributed by atoms with Gasteiger partial charge in [0.25, 0.3) is 5.91 Å². The number of carbonyl (C=O) groups excluding carboxylic acids is 1. The Morgan fingerprint density at radius 2 is 2.00 bits per heavy atom. The van der Waals surface area contributed by atoms with E-state index in [9.17, 15) is 13.2 Å². The maximum atomic E-state index is 13.2. The summed E-state index contributed by atoms with van der Waals surface area (Å²) in [6.45, 7) is 7.12. The van der Waals surface area contributed by atoms with Gasteiger partial charge in [0.15, 0.2) is 5.82 Å². The monoisotopic (exact) mass is 431 g/mol. The molecule has 1 aromatic heterocycles. The molecule has 1 fully saturated rings. The van der Waals surface area contributed by atoms with Crippen molar-refractivity contribution in [3.05, 3.63) is 41.5 Å². The van der Waals surface area contributed by atoms with Gasteiger partial charge in [-0.05, 0) is 63.8 Å². The molecule has 0 radical (unpaired) electrons. The molecule has 0 spiro atoms. The molecule has 9 heteroatoms. The van der Waals surface area contributed by atoms with E-state index in [0.29, 0.717) is 17.1 Å². The third-order valence-corrected chi connectivity index (χ3v) is 7.24. The van der Waals surface area contributed by atoms with Gasteiger partial charge in [-0.2, -0.15) is 5.10 Å². The van der Waals surface area contributed by atoms with Crippen molar-refractivity contribution in [2.75, 3.05) is 23.7 Å². The van der Waals surface area contributed by atoms with Gasteiger partial charge in [0.1, 0.15) is 6.33 Å². The average Bonchev–Trinajstić information content (AvgIpc) is 3.32. The lowest BCUT2D eigenvalue weighted by atomic mass is 9.97. The lowest BCUT2D eigenvalue weighted by molar-refractivity contribution is 0.0635. The van der Waals surface area contributed by atoms with Crippen LogP contribution in [0, 0.1) is 0 Å². The van der Waals surface area contributed by atoms with Crippen molar-refractivity contribution < 1.29 is 13.2 Å². The number of likely N-dealkylation sites (tertiary alicyclic amines) is 1. The molecule has 1 amide bonds. The van der Waals surface area contributed by atoms with Gasteiger partial charge in [-0.1, -0.05) is 0 Å². The van der Waals surface area contributed by atoms with Gasteiger partial charge in [0, 0.05) is 30.7 Å². The Hall–Kier alpha value is -2.42. The zero-order valence-corrected chi connectivity index (χ0v) is 18.8. The van der Waals surface area contributed by atoms with Crippen molar-refractivity contribution in [3.63, 3.8) is 0 Å². The van der Waals surface area contributed by atoms with Crippen LogP contribution < -0.4 is 4.31 Å². The van der Waals surface area contributed by atoms with E-state index < -0.39 is 10.0 Å². The summed E-state index contributed by atoms with van der Waals surface area (Å²) in [6, 6.07) is 5.70. The molecular weight excluding hydrogens is 402 g/mol. The molecular formula is C21H29N5O3S. The van der Waals surface area contributed by atoms with Gasteiger partial charge in [0.05, 0.1) is 17.9 Å². The van der Waals surface area contributed by atoms with Crippen LogP contribution in [0.2, 0.25) is 0 Å². The third kappa shape index (κ3) is 3.71. The summed E-state index contributed by atoms with van der Waals surface area (Å²) in [7, 11) is -3.45. The van der Waals surface area contributed by atoms with Gasteiger partial charge < -0.3 is 4.90 Å². The number of hydrogen-bond donors (Lipinski definition) is 0. The number of aromatic nitrogens is 3. The summed E-state index contributed by atoms with van der Waals surface area (Å²) in [4.78, 5) is 19.6. The number of benzene rings is 1. The number of carbonyl (C=O) groups is 1. The quantitative estimate of drug-likeness (QED) is 0.743. The summed E-state index contributed by atoms with van der Waals surface area (Å²) in [6.07, 6.45) is 6.05. The molecule has 2 unspecified atom stereocenters. The van der Waals surface area contributed by atoms with E-state index in [1.54, 1.807) is 23.1 Å². The van der Waals surface area contributed by atoms with Crippen molar-refractivity contribution in [1.82, 2.24) is 19.7 Å². The molecule has 3 heterocycles. The Bertz CT molecular complexity index is 1060. The molecule has 2 aliphatic heterocycles. The van der Waals surface area contributed by atoms with Crippen molar-refractivity contribution in [3.8, 4) is 0 Å². The van der Waals surface area contributed by atoms with Crippen LogP contribution in [0.15, 0.2) is 24.5 Å². The fourth-order valence-corrected chi connectivity index (χ4v) is 5.30. The highest BCUT2D eigenvalue weighted by Crippen LogP contribution is 2.41. The molecule has 1 saturated heterocycles. The standard InChI is InChI=1S/C21H29N5O3S/c1-14(2)25-13-22-20(23-25)18-12-26(30(4,28)29)19-9-8-16(11-17(18)19)21(27)24-10-6-5-7-15(24)3/h8-9,11,13-15,18H,5-7,10,12H2,1-4H3. The normalized spacial score (nSPS) is 21.9. The number of sulfonamides is 1. The van der Waals surface area contributed by atoms with E-state index in [1.807, 2.05) is 24.8 Å². The van der Waals surface area contributed by atoms with Crippen LogP contribution in [0.3, 0.4) is 0 Å². The van der Waals surface area contributed by atoms with Gasteiger partial charge >= 0.3 is 0 Å². The molecule has 1 aromatic carbocycles. The lowest BCUT2D eigenvalue weighted by Gasteiger charge is -2.33. The SMILES string of the molecule is CC1CCCCN1C(=O)c1ccc2c(c1)C(c1ncn(C(C)C)n1)CN2S(C)(=O)=O. The predicted molar refractivity (Wildman–Crippen MR) is 115 cm³/mol. The first-order valence-electron chi connectivity index (χ1n) is 10.5. The summed E-state index contributed by atoms with van der Waals surface area (Å²) in [5.41, 5.74) is 1.98. The third-order valence-electron chi connectivity index (χ3n) is 6.10. The summed E-state index contributed by atoms with van der Waals surface area (Å²) >= 11 is 0. The number of rotatable bonds is 4. The fourth-order valence-electron chi connectivity index (χ4n) is 4.35. The predicted octanol–water partition coefficient (Wildman–Crippen LogP) is 2.79. The second-order valence-electron chi connectivity index (χ2n) is 8.64. The smallest absolute Gasteiger partial charge is 0.254 e.